The smallest absolute Gasteiger partial charge is 0.252 e. The Morgan fingerprint density at radius 2 is 2.19 bits per heavy atom. The third kappa shape index (κ3) is 4.58. The number of fused-ring (bicyclic) bond motifs is 1. The normalized spacial score (nSPS) is 20.5. The number of pyridine rings is 1. The second kappa shape index (κ2) is 8.58. The first-order valence-electron chi connectivity index (χ1n) is 9.06. The van der Waals surface area contributed by atoms with Crippen LogP contribution in [0.5, 0.6) is 0 Å². The first-order chi connectivity index (χ1) is 12.5. The summed E-state index contributed by atoms with van der Waals surface area (Å²) in [6.45, 7) is 4.53. The molecular formula is C20H27N3O3. The number of aryl methyl sites for hydroxylation is 1. The van der Waals surface area contributed by atoms with Gasteiger partial charge in [0.2, 0.25) is 0 Å². The van der Waals surface area contributed by atoms with Gasteiger partial charge in [-0.2, -0.15) is 0 Å². The molecule has 0 saturated carbocycles. The molecule has 1 aromatic carbocycles. The second-order valence-corrected chi connectivity index (χ2v) is 6.98. The molecule has 1 aliphatic rings. The van der Waals surface area contributed by atoms with Gasteiger partial charge in [-0.3, -0.25) is 9.78 Å². The van der Waals surface area contributed by atoms with Crippen LogP contribution in [-0.2, 0) is 9.47 Å². The molecule has 3 rings (SSSR count). The molecule has 6 nitrogen and oxygen atoms in total. The summed E-state index contributed by atoms with van der Waals surface area (Å²) in [7, 11) is 4.03. The molecule has 1 saturated heterocycles. The summed E-state index contributed by atoms with van der Waals surface area (Å²) >= 11 is 0. The number of para-hydroxylation sites is 1. The highest BCUT2D eigenvalue weighted by Crippen LogP contribution is 2.19. The topological polar surface area (TPSA) is 63.7 Å². The van der Waals surface area contributed by atoms with E-state index >= 15 is 0 Å². The minimum atomic E-state index is -0.148. The number of likely N-dealkylation sites (N-methyl/N-ethyl adjacent to an activating group) is 1. The maximum atomic E-state index is 12.9. The number of nitrogens with zero attached hydrogens (tertiary/aromatic N) is 2. The zero-order valence-electron chi connectivity index (χ0n) is 15.7. The van der Waals surface area contributed by atoms with E-state index in [2.05, 4.69) is 15.2 Å². The Balaban J connectivity index is 1.73. The standard InChI is InChI=1S/C20H27N3O3/c1-14-12-16(15-6-4-5-7-17(15)21-14)20(24)22-18-13-25-10-8-19(18)26-11-9-23(2)3/h4-7,12,18-19H,8-11,13H2,1-3H3,(H,22,24)/t18-,19+/m1/s1. The first-order valence-corrected chi connectivity index (χ1v) is 9.06. The summed E-state index contributed by atoms with van der Waals surface area (Å²) < 4.78 is 11.6. The first kappa shape index (κ1) is 18.8. The maximum absolute atomic E-state index is 12.9. The van der Waals surface area contributed by atoms with Gasteiger partial charge in [0, 0.05) is 24.2 Å². The number of nitrogens with one attached hydrogen (secondary N) is 1. The lowest BCUT2D eigenvalue weighted by molar-refractivity contribution is -0.0561. The number of aromatic nitrogens is 1. The SMILES string of the molecule is Cc1cc(C(=O)N[C@@H]2COCC[C@@H]2OCCN(C)C)c2ccccc2n1. The largest absolute Gasteiger partial charge is 0.379 e. The Morgan fingerprint density at radius 1 is 1.38 bits per heavy atom. The van der Waals surface area contributed by atoms with Crippen LogP contribution in [0, 0.1) is 6.92 Å². The van der Waals surface area contributed by atoms with Crippen LogP contribution < -0.4 is 5.32 Å². The van der Waals surface area contributed by atoms with E-state index in [1.54, 1.807) is 0 Å². The molecule has 0 radical (unpaired) electrons. The zero-order valence-corrected chi connectivity index (χ0v) is 15.7. The van der Waals surface area contributed by atoms with Crippen molar-refractivity contribution in [3.63, 3.8) is 0 Å². The average molecular weight is 357 g/mol. The lowest BCUT2D eigenvalue weighted by Crippen LogP contribution is -2.51. The lowest BCUT2D eigenvalue weighted by atomic mass is 10.0. The molecule has 2 heterocycles. The molecule has 0 bridgehead atoms. The summed E-state index contributed by atoms with van der Waals surface area (Å²) in [6.07, 6.45) is 0.760. The van der Waals surface area contributed by atoms with Gasteiger partial charge >= 0.3 is 0 Å². The molecule has 0 unspecified atom stereocenters. The highest BCUT2D eigenvalue weighted by atomic mass is 16.5. The van der Waals surface area contributed by atoms with Crippen molar-refractivity contribution in [3.05, 3.63) is 41.6 Å². The monoisotopic (exact) mass is 357 g/mol. The van der Waals surface area contributed by atoms with E-state index in [-0.39, 0.29) is 18.1 Å². The van der Waals surface area contributed by atoms with Crippen molar-refractivity contribution in [2.75, 3.05) is 40.5 Å². The van der Waals surface area contributed by atoms with E-state index < -0.39 is 0 Å². The number of hydrogen-bond acceptors (Lipinski definition) is 5. The van der Waals surface area contributed by atoms with Crippen molar-refractivity contribution in [2.24, 2.45) is 0 Å². The van der Waals surface area contributed by atoms with Crippen LogP contribution in [0.4, 0.5) is 0 Å². The van der Waals surface area contributed by atoms with E-state index in [0.29, 0.717) is 25.4 Å². The summed E-state index contributed by atoms with van der Waals surface area (Å²) in [5.74, 6) is -0.108. The molecule has 140 valence electrons. The quantitative estimate of drug-likeness (QED) is 0.857. The van der Waals surface area contributed by atoms with Crippen LogP contribution in [-0.4, -0.2) is 68.4 Å². The van der Waals surface area contributed by atoms with Gasteiger partial charge in [-0.25, -0.2) is 0 Å². The molecular weight excluding hydrogens is 330 g/mol. The van der Waals surface area contributed by atoms with Gasteiger partial charge in [0.05, 0.1) is 36.4 Å². The highest BCUT2D eigenvalue weighted by Gasteiger charge is 2.28. The number of hydrogen-bond donors (Lipinski definition) is 1. The predicted molar refractivity (Wildman–Crippen MR) is 101 cm³/mol. The van der Waals surface area contributed by atoms with E-state index in [1.807, 2.05) is 51.4 Å². The molecule has 26 heavy (non-hydrogen) atoms. The van der Waals surface area contributed by atoms with Crippen molar-refractivity contribution < 1.29 is 14.3 Å². The van der Waals surface area contributed by atoms with Crippen LogP contribution in [0.15, 0.2) is 30.3 Å². The number of amides is 1. The fourth-order valence-electron chi connectivity index (χ4n) is 3.18. The number of carbonyl (C=O) groups is 1. The van der Waals surface area contributed by atoms with Crippen molar-refractivity contribution in [3.8, 4) is 0 Å². The van der Waals surface area contributed by atoms with Gasteiger partial charge in [0.25, 0.3) is 5.91 Å². The van der Waals surface area contributed by atoms with Crippen molar-refractivity contribution in [1.82, 2.24) is 15.2 Å². The van der Waals surface area contributed by atoms with Crippen LogP contribution in [0.2, 0.25) is 0 Å². The van der Waals surface area contributed by atoms with Gasteiger partial charge < -0.3 is 19.7 Å². The molecule has 6 heteroatoms. The Morgan fingerprint density at radius 3 is 3.00 bits per heavy atom. The Kier molecular flexibility index (Phi) is 6.19. The van der Waals surface area contributed by atoms with Crippen molar-refractivity contribution in [2.45, 2.75) is 25.5 Å². The van der Waals surface area contributed by atoms with E-state index in [9.17, 15) is 4.79 Å². The van der Waals surface area contributed by atoms with Crippen LogP contribution in [0.1, 0.15) is 22.5 Å². The fourth-order valence-corrected chi connectivity index (χ4v) is 3.18. The Bertz CT molecular complexity index is 763. The van der Waals surface area contributed by atoms with Crippen LogP contribution >= 0.6 is 0 Å². The number of rotatable bonds is 6. The van der Waals surface area contributed by atoms with Crippen LogP contribution in [0.25, 0.3) is 10.9 Å². The van der Waals surface area contributed by atoms with E-state index in [4.69, 9.17) is 9.47 Å². The summed E-state index contributed by atoms with van der Waals surface area (Å²) in [4.78, 5) is 19.5. The van der Waals surface area contributed by atoms with Gasteiger partial charge in [-0.15, -0.1) is 0 Å². The van der Waals surface area contributed by atoms with Gasteiger partial charge in [0.1, 0.15) is 0 Å². The minimum absolute atomic E-state index is 0.0261. The third-order valence-electron chi connectivity index (χ3n) is 4.57. The number of benzene rings is 1. The summed E-state index contributed by atoms with van der Waals surface area (Å²) in [5, 5.41) is 3.97. The molecule has 1 amide bonds. The third-order valence-corrected chi connectivity index (χ3v) is 4.57. The summed E-state index contributed by atoms with van der Waals surface area (Å²) in [6, 6.07) is 9.40. The number of ether oxygens (including phenoxy) is 2. The highest BCUT2D eigenvalue weighted by molar-refractivity contribution is 6.06. The fraction of sp³-hybridized carbons (Fsp3) is 0.500. The minimum Gasteiger partial charge on any atom is -0.379 e. The van der Waals surface area contributed by atoms with Crippen molar-refractivity contribution in [1.29, 1.82) is 0 Å². The maximum Gasteiger partial charge on any atom is 0.252 e. The predicted octanol–water partition coefficient (Wildman–Crippen LogP) is 2.01. The lowest BCUT2D eigenvalue weighted by Gasteiger charge is -2.32. The molecule has 1 fully saturated rings. The van der Waals surface area contributed by atoms with Gasteiger partial charge in [-0.05, 0) is 39.6 Å². The number of carbonyl (C=O) groups excluding carboxylic acids is 1. The van der Waals surface area contributed by atoms with Crippen molar-refractivity contribution >= 4 is 16.8 Å². The molecule has 2 atom stereocenters. The average Bonchev–Trinajstić information content (AvgIpc) is 2.62. The molecule has 1 aliphatic heterocycles. The second-order valence-electron chi connectivity index (χ2n) is 6.98. The van der Waals surface area contributed by atoms with Gasteiger partial charge in [0.15, 0.2) is 0 Å². The Hall–Kier alpha value is -2.02. The molecule has 0 spiro atoms. The molecule has 1 aromatic heterocycles. The Labute approximate surface area is 154 Å². The van der Waals surface area contributed by atoms with Crippen LogP contribution in [0.3, 0.4) is 0 Å². The molecule has 1 N–H and O–H groups in total. The van der Waals surface area contributed by atoms with E-state index in [0.717, 1.165) is 29.6 Å². The zero-order chi connectivity index (χ0) is 18.5. The van der Waals surface area contributed by atoms with E-state index in [1.165, 1.54) is 0 Å². The molecule has 2 aromatic rings. The van der Waals surface area contributed by atoms with Gasteiger partial charge in [-0.1, -0.05) is 18.2 Å². The summed E-state index contributed by atoms with van der Waals surface area (Å²) in [5.41, 5.74) is 2.30. The molecule has 0 aliphatic carbocycles.